The van der Waals surface area contributed by atoms with E-state index in [1.54, 1.807) is 19.1 Å². The molecule has 0 unspecified atom stereocenters. The number of nitrogens with zero attached hydrogens (tertiary/aromatic N) is 1. The number of benzene rings is 2. The number of sulfonamides is 1. The quantitative estimate of drug-likeness (QED) is 0.833. The summed E-state index contributed by atoms with van der Waals surface area (Å²) in [6.07, 6.45) is 0. The van der Waals surface area contributed by atoms with Gasteiger partial charge in [-0.15, -0.1) is 0 Å². The summed E-state index contributed by atoms with van der Waals surface area (Å²) in [5.41, 5.74) is 1.21. The first-order chi connectivity index (χ1) is 12.5. The third kappa shape index (κ3) is 3.51. The number of hydrogen-bond acceptors (Lipinski definition) is 5. The van der Waals surface area contributed by atoms with Crippen LogP contribution in [0.3, 0.4) is 0 Å². The van der Waals surface area contributed by atoms with E-state index in [0.29, 0.717) is 23.6 Å². The van der Waals surface area contributed by atoms with Crippen molar-refractivity contribution in [2.75, 3.05) is 20.4 Å². The van der Waals surface area contributed by atoms with Crippen molar-refractivity contribution in [2.24, 2.45) is 0 Å². The lowest BCUT2D eigenvalue weighted by molar-refractivity contribution is 0.0963. The molecule has 0 radical (unpaired) electrons. The molecule has 0 aliphatic carbocycles. The van der Waals surface area contributed by atoms with Crippen LogP contribution in [0.15, 0.2) is 47.4 Å². The van der Waals surface area contributed by atoms with Gasteiger partial charge >= 0.3 is 0 Å². The van der Waals surface area contributed by atoms with E-state index in [4.69, 9.17) is 9.47 Å². The van der Waals surface area contributed by atoms with Crippen LogP contribution in [0.25, 0.3) is 0 Å². The lowest BCUT2D eigenvalue weighted by Crippen LogP contribution is -2.30. The van der Waals surface area contributed by atoms with E-state index in [2.05, 4.69) is 5.32 Å². The number of nitrogens with one attached hydrogen (secondary N) is 1. The summed E-state index contributed by atoms with van der Waals surface area (Å²) in [6, 6.07) is 11.3. The average molecular weight is 376 g/mol. The number of carbonyl (C=O) groups is 1. The zero-order valence-electron chi connectivity index (χ0n) is 14.6. The number of carbonyl (C=O) groups excluding carboxylic acids is 1. The maximum atomic E-state index is 12.9. The average Bonchev–Trinajstić information content (AvgIpc) is 3.13. The van der Waals surface area contributed by atoms with Crippen LogP contribution in [0.4, 0.5) is 0 Å². The first-order valence-corrected chi connectivity index (χ1v) is 9.60. The van der Waals surface area contributed by atoms with Crippen LogP contribution in [-0.2, 0) is 16.6 Å². The van der Waals surface area contributed by atoms with Gasteiger partial charge in [0.2, 0.25) is 16.8 Å². The van der Waals surface area contributed by atoms with Crippen LogP contribution in [0.2, 0.25) is 0 Å². The summed E-state index contributed by atoms with van der Waals surface area (Å²) in [6.45, 7) is 2.48. The van der Waals surface area contributed by atoms with Gasteiger partial charge in [-0.1, -0.05) is 13.0 Å². The highest BCUT2D eigenvalue weighted by Crippen LogP contribution is 2.33. The Balaban J connectivity index is 1.83. The molecule has 1 aliphatic rings. The van der Waals surface area contributed by atoms with Gasteiger partial charge in [0.15, 0.2) is 11.5 Å². The summed E-state index contributed by atoms with van der Waals surface area (Å²) in [5.74, 6) is 1.01. The highest BCUT2D eigenvalue weighted by molar-refractivity contribution is 7.89. The smallest absolute Gasteiger partial charge is 0.251 e. The first kappa shape index (κ1) is 18.2. The molecule has 0 bridgehead atoms. The standard InChI is InChI=1S/C18H20N2O5S/c1-3-20(11-13-4-9-16-17(10-13)25-12-24-16)26(22,23)15-7-5-14(6-8-15)18(21)19-2/h4-10H,3,11-12H2,1-2H3,(H,19,21). The Kier molecular flexibility index (Phi) is 5.15. The maximum Gasteiger partial charge on any atom is 0.251 e. The fourth-order valence-corrected chi connectivity index (χ4v) is 4.12. The monoisotopic (exact) mass is 376 g/mol. The van der Waals surface area contributed by atoms with Gasteiger partial charge in [-0.25, -0.2) is 8.42 Å². The summed E-state index contributed by atoms with van der Waals surface area (Å²) in [7, 11) is -2.16. The molecule has 1 aliphatic heterocycles. The van der Waals surface area contributed by atoms with Gasteiger partial charge in [0, 0.05) is 25.7 Å². The molecule has 7 nitrogen and oxygen atoms in total. The second-order valence-electron chi connectivity index (χ2n) is 5.72. The third-order valence-electron chi connectivity index (χ3n) is 4.13. The van der Waals surface area contributed by atoms with Gasteiger partial charge in [-0.05, 0) is 42.0 Å². The van der Waals surface area contributed by atoms with E-state index < -0.39 is 10.0 Å². The molecule has 8 heteroatoms. The molecule has 26 heavy (non-hydrogen) atoms. The lowest BCUT2D eigenvalue weighted by atomic mass is 10.2. The molecular weight excluding hydrogens is 356 g/mol. The van der Waals surface area contributed by atoms with Gasteiger partial charge in [0.05, 0.1) is 4.90 Å². The Hall–Kier alpha value is -2.58. The van der Waals surface area contributed by atoms with Crippen molar-refractivity contribution in [3.8, 4) is 11.5 Å². The van der Waals surface area contributed by atoms with E-state index >= 15 is 0 Å². The molecule has 2 aromatic carbocycles. The number of ether oxygens (including phenoxy) is 2. The molecule has 2 aromatic rings. The van der Waals surface area contributed by atoms with Crippen LogP contribution in [0.1, 0.15) is 22.8 Å². The summed E-state index contributed by atoms with van der Waals surface area (Å²) in [4.78, 5) is 11.8. The Morgan fingerprint density at radius 2 is 1.81 bits per heavy atom. The number of hydrogen-bond donors (Lipinski definition) is 1. The van der Waals surface area contributed by atoms with Crippen LogP contribution in [0, 0.1) is 0 Å². The van der Waals surface area contributed by atoms with Gasteiger partial charge in [-0.3, -0.25) is 4.79 Å². The van der Waals surface area contributed by atoms with Crippen LogP contribution < -0.4 is 14.8 Å². The zero-order valence-corrected chi connectivity index (χ0v) is 15.4. The van der Waals surface area contributed by atoms with Crippen molar-refractivity contribution < 1.29 is 22.7 Å². The fraction of sp³-hybridized carbons (Fsp3) is 0.278. The van der Waals surface area contributed by atoms with Crippen molar-refractivity contribution in [1.82, 2.24) is 9.62 Å². The van der Waals surface area contributed by atoms with Crippen molar-refractivity contribution in [1.29, 1.82) is 0 Å². The minimum Gasteiger partial charge on any atom is -0.454 e. The van der Waals surface area contributed by atoms with E-state index in [1.807, 2.05) is 6.07 Å². The molecule has 1 N–H and O–H groups in total. The summed E-state index contributed by atoms with van der Waals surface area (Å²) < 4.78 is 37.8. The normalized spacial score (nSPS) is 13.0. The minimum absolute atomic E-state index is 0.146. The molecule has 1 amide bonds. The number of fused-ring (bicyclic) bond motifs is 1. The van der Waals surface area contributed by atoms with Crippen LogP contribution >= 0.6 is 0 Å². The van der Waals surface area contributed by atoms with Gasteiger partial charge < -0.3 is 14.8 Å². The van der Waals surface area contributed by atoms with Crippen molar-refractivity contribution >= 4 is 15.9 Å². The second kappa shape index (κ2) is 7.35. The molecule has 0 fully saturated rings. The molecule has 3 rings (SSSR count). The largest absolute Gasteiger partial charge is 0.454 e. The second-order valence-corrected chi connectivity index (χ2v) is 7.66. The molecule has 0 saturated heterocycles. The molecular formula is C18H20N2O5S. The predicted octanol–water partition coefficient (Wildman–Crippen LogP) is 1.99. The highest BCUT2D eigenvalue weighted by Gasteiger charge is 2.24. The van der Waals surface area contributed by atoms with Crippen molar-refractivity contribution in [2.45, 2.75) is 18.4 Å². The van der Waals surface area contributed by atoms with Gasteiger partial charge in [0.25, 0.3) is 5.91 Å². The Bertz CT molecular complexity index is 910. The Labute approximate surface area is 152 Å². The third-order valence-corrected chi connectivity index (χ3v) is 6.06. The Morgan fingerprint density at radius 1 is 1.12 bits per heavy atom. The predicted molar refractivity (Wildman–Crippen MR) is 95.7 cm³/mol. The number of amides is 1. The molecule has 0 spiro atoms. The molecule has 0 atom stereocenters. The fourth-order valence-electron chi connectivity index (χ4n) is 2.68. The molecule has 138 valence electrons. The van der Waals surface area contributed by atoms with E-state index in [0.717, 1.165) is 5.56 Å². The molecule has 0 saturated carbocycles. The van der Waals surface area contributed by atoms with E-state index in [-0.39, 0.29) is 24.1 Å². The Morgan fingerprint density at radius 3 is 2.46 bits per heavy atom. The SMILES string of the molecule is CCN(Cc1ccc2c(c1)OCO2)S(=O)(=O)c1ccc(C(=O)NC)cc1. The summed E-state index contributed by atoms with van der Waals surface area (Å²) in [5, 5.41) is 2.51. The lowest BCUT2D eigenvalue weighted by Gasteiger charge is -2.21. The molecule has 0 aromatic heterocycles. The van der Waals surface area contributed by atoms with Crippen molar-refractivity contribution in [3.05, 3.63) is 53.6 Å². The first-order valence-electron chi connectivity index (χ1n) is 8.16. The zero-order chi connectivity index (χ0) is 18.7. The van der Waals surface area contributed by atoms with E-state index in [9.17, 15) is 13.2 Å². The van der Waals surface area contributed by atoms with Crippen molar-refractivity contribution in [3.63, 3.8) is 0 Å². The van der Waals surface area contributed by atoms with Gasteiger partial charge in [0.1, 0.15) is 0 Å². The molecule has 1 heterocycles. The number of rotatable bonds is 6. The minimum atomic E-state index is -3.68. The topological polar surface area (TPSA) is 84.9 Å². The van der Waals surface area contributed by atoms with Gasteiger partial charge in [-0.2, -0.15) is 4.31 Å². The summed E-state index contributed by atoms with van der Waals surface area (Å²) >= 11 is 0. The highest BCUT2D eigenvalue weighted by atomic mass is 32.2. The van der Waals surface area contributed by atoms with Crippen LogP contribution in [-0.4, -0.2) is 39.0 Å². The maximum absolute atomic E-state index is 12.9. The van der Waals surface area contributed by atoms with Crippen LogP contribution in [0.5, 0.6) is 11.5 Å². The van der Waals surface area contributed by atoms with E-state index in [1.165, 1.54) is 35.6 Å².